The molecule has 0 spiro atoms. The standard InChI is InChI=1S/C10H11BO/c11-10(12)8-4-7-9-5-2-1-3-6-9/h1-3,5-6H,4,7-8H2. The highest BCUT2D eigenvalue weighted by Gasteiger charge is 1.94. The predicted molar refractivity (Wildman–Crippen MR) is 50.1 cm³/mol. The quantitative estimate of drug-likeness (QED) is 0.609. The summed E-state index contributed by atoms with van der Waals surface area (Å²) in [5.41, 5.74) is 1.05. The number of carbonyl (C=O) groups is 1. The van der Waals surface area contributed by atoms with Gasteiger partial charge in [0.05, 0.1) is 5.68 Å². The van der Waals surface area contributed by atoms with E-state index in [9.17, 15) is 4.79 Å². The summed E-state index contributed by atoms with van der Waals surface area (Å²) in [7, 11) is 5.02. The van der Waals surface area contributed by atoms with Crippen molar-refractivity contribution in [2.24, 2.45) is 0 Å². The molecule has 1 nitrogen and oxygen atoms in total. The van der Waals surface area contributed by atoms with Crippen LogP contribution in [0.2, 0.25) is 0 Å². The number of hydrogen-bond acceptors (Lipinski definition) is 1. The normalized spacial score (nSPS) is 9.67. The minimum Gasteiger partial charge on any atom is -0.313 e. The van der Waals surface area contributed by atoms with Gasteiger partial charge in [0.2, 0.25) is 0 Å². The molecule has 0 saturated carbocycles. The zero-order valence-corrected chi connectivity index (χ0v) is 6.99. The Bertz CT molecular complexity index is 243. The summed E-state index contributed by atoms with van der Waals surface area (Å²) in [5, 5.41) is 0. The van der Waals surface area contributed by atoms with Gasteiger partial charge in [-0.2, -0.15) is 0 Å². The summed E-state index contributed by atoms with van der Waals surface area (Å²) in [6.07, 6.45) is 2.26. The van der Waals surface area contributed by atoms with Gasteiger partial charge in [-0.15, -0.1) is 0 Å². The lowest BCUT2D eigenvalue weighted by molar-refractivity contribution is -0.111. The van der Waals surface area contributed by atoms with Gasteiger partial charge in [-0.25, -0.2) is 0 Å². The first kappa shape index (κ1) is 9.05. The molecule has 0 saturated heterocycles. The second-order valence-electron chi connectivity index (χ2n) is 2.81. The van der Waals surface area contributed by atoms with Crippen LogP contribution in [0.25, 0.3) is 0 Å². The first-order chi connectivity index (χ1) is 5.79. The number of carbonyl (C=O) groups excluding carboxylic acids is 1. The van der Waals surface area contributed by atoms with Crippen LogP contribution in [-0.2, 0) is 11.2 Å². The highest BCUT2D eigenvalue weighted by Crippen LogP contribution is 2.03. The maximum absolute atomic E-state index is 10.4. The van der Waals surface area contributed by atoms with Crippen LogP contribution in [0.1, 0.15) is 18.4 Å². The van der Waals surface area contributed by atoms with Gasteiger partial charge in [-0.3, -0.25) is 0 Å². The van der Waals surface area contributed by atoms with Crippen molar-refractivity contribution in [3.05, 3.63) is 35.9 Å². The van der Waals surface area contributed by atoms with Crippen LogP contribution in [0.15, 0.2) is 30.3 Å². The van der Waals surface area contributed by atoms with Crippen LogP contribution in [-0.4, -0.2) is 13.5 Å². The molecule has 0 aromatic heterocycles. The van der Waals surface area contributed by atoms with Crippen LogP contribution >= 0.6 is 0 Å². The molecule has 2 heteroatoms. The van der Waals surface area contributed by atoms with E-state index in [1.165, 1.54) is 5.56 Å². The van der Waals surface area contributed by atoms with E-state index in [1.54, 1.807) is 0 Å². The smallest absolute Gasteiger partial charge is 0.167 e. The van der Waals surface area contributed by atoms with E-state index in [0.717, 1.165) is 12.8 Å². The average molecular weight is 158 g/mol. The zero-order chi connectivity index (χ0) is 8.81. The fourth-order valence-electron chi connectivity index (χ4n) is 1.11. The maximum atomic E-state index is 10.4. The number of hydrogen-bond donors (Lipinski definition) is 0. The van der Waals surface area contributed by atoms with Crippen LogP contribution in [0.5, 0.6) is 0 Å². The van der Waals surface area contributed by atoms with Crippen molar-refractivity contribution in [3.63, 3.8) is 0 Å². The van der Waals surface area contributed by atoms with Gasteiger partial charge in [-0.1, -0.05) is 30.3 Å². The summed E-state index contributed by atoms with van der Waals surface area (Å²) in [5.74, 6) is 0. The summed E-state index contributed by atoms with van der Waals surface area (Å²) in [6, 6.07) is 10.1. The van der Waals surface area contributed by atoms with Gasteiger partial charge in [0.15, 0.2) is 7.85 Å². The fraction of sp³-hybridized carbons (Fsp3) is 0.300. The summed E-state index contributed by atoms with van der Waals surface area (Å²) in [4.78, 5) is 10.4. The topological polar surface area (TPSA) is 17.1 Å². The van der Waals surface area contributed by atoms with Gasteiger partial charge in [0.25, 0.3) is 0 Å². The summed E-state index contributed by atoms with van der Waals surface area (Å²) >= 11 is 0. The first-order valence-corrected chi connectivity index (χ1v) is 4.11. The van der Waals surface area contributed by atoms with Crippen molar-refractivity contribution >= 4 is 13.5 Å². The van der Waals surface area contributed by atoms with Crippen molar-refractivity contribution in [3.8, 4) is 0 Å². The van der Waals surface area contributed by atoms with Crippen molar-refractivity contribution in [2.75, 3.05) is 0 Å². The Morgan fingerprint density at radius 2 is 1.92 bits per heavy atom. The Kier molecular flexibility index (Phi) is 3.59. The molecule has 0 amide bonds. The molecule has 60 valence electrons. The average Bonchev–Trinajstić information content (AvgIpc) is 2.05. The Morgan fingerprint density at radius 3 is 2.50 bits per heavy atom. The molecular formula is C10H11BO. The molecule has 12 heavy (non-hydrogen) atoms. The number of benzene rings is 1. The minimum absolute atomic E-state index is 0.217. The number of aryl methyl sites for hydroxylation is 1. The van der Waals surface area contributed by atoms with E-state index in [4.69, 9.17) is 7.85 Å². The Morgan fingerprint density at radius 1 is 1.25 bits per heavy atom. The Labute approximate surface area is 74.2 Å². The molecule has 2 radical (unpaired) electrons. The van der Waals surface area contributed by atoms with Crippen molar-refractivity contribution in [2.45, 2.75) is 19.3 Å². The van der Waals surface area contributed by atoms with Crippen molar-refractivity contribution in [1.29, 1.82) is 0 Å². The maximum Gasteiger partial charge on any atom is 0.167 e. The van der Waals surface area contributed by atoms with E-state index in [1.807, 2.05) is 18.2 Å². The second kappa shape index (κ2) is 4.76. The highest BCUT2D eigenvalue weighted by atomic mass is 16.1. The third kappa shape index (κ3) is 3.38. The minimum atomic E-state index is -0.217. The SMILES string of the molecule is [B]C(=O)CCCc1ccccc1. The molecule has 0 N–H and O–H groups in total. The third-order valence-electron chi connectivity index (χ3n) is 1.73. The van der Waals surface area contributed by atoms with Crippen LogP contribution in [0.3, 0.4) is 0 Å². The van der Waals surface area contributed by atoms with Gasteiger partial charge < -0.3 is 4.79 Å². The molecule has 0 aliphatic heterocycles. The third-order valence-corrected chi connectivity index (χ3v) is 1.73. The molecule has 1 aromatic rings. The lowest BCUT2D eigenvalue weighted by Crippen LogP contribution is -1.96. The van der Waals surface area contributed by atoms with E-state index in [-0.39, 0.29) is 5.68 Å². The lowest BCUT2D eigenvalue weighted by atomic mass is 9.96. The zero-order valence-electron chi connectivity index (χ0n) is 6.99. The van der Waals surface area contributed by atoms with Crippen LogP contribution < -0.4 is 0 Å². The molecule has 0 atom stereocenters. The Balaban J connectivity index is 2.29. The molecule has 0 aliphatic carbocycles. The highest BCUT2D eigenvalue weighted by molar-refractivity contribution is 6.57. The molecule has 1 aromatic carbocycles. The van der Waals surface area contributed by atoms with Gasteiger partial charge in [0, 0.05) is 0 Å². The van der Waals surface area contributed by atoms with Gasteiger partial charge in [0.1, 0.15) is 0 Å². The molecule has 0 fully saturated rings. The second-order valence-corrected chi connectivity index (χ2v) is 2.81. The van der Waals surface area contributed by atoms with Gasteiger partial charge >= 0.3 is 0 Å². The largest absolute Gasteiger partial charge is 0.313 e. The predicted octanol–water partition coefficient (Wildman–Crippen LogP) is 1.70. The molecule has 1 rings (SSSR count). The molecule has 0 bridgehead atoms. The van der Waals surface area contributed by atoms with E-state index >= 15 is 0 Å². The molecule has 0 heterocycles. The monoisotopic (exact) mass is 158 g/mol. The molecular weight excluding hydrogens is 147 g/mol. The summed E-state index contributed by atoms with van der Waals surface area (Å²) in [6.45, 7) is 0. The van der Waals surface area contributed by atoms with Gasteiger partial charge in [-0.05, 0) is 24.8 Å². The van der Waals surface area contributed by atoms with Crippen LogP contribution in [0.4, 0.5) is 0 Å². The van der Waals surface area contributed by atoms with Crippen LogP contribution in [0, 0.1) is 0 Å². The molecule has 0 aliphatic rings. The van der Waals surface area contributed by atoms with E-state index in [0.29, 0.717) is 6.42 Å². The van der Waals surface area contributed by atoms with Crippen molar-refractivity contribution in [1.82, 2.24) is 0 Å². The lowest BCUT2D eigenvalue weighted by Gasteiger charge is -1.98. The van der Waals surface area contributed by atoms with E-state index in [2.05, 4.69) is 12.1 Å². The molecule has 0 unspecified atom stereocenters. The van der Waals surface area contributed by atoms with Crippen molar-refractivity contribution < 1.29 is 4.79 Å². The van der Waals surface area contributed by atoms with E-state index < -0.39 is 0 Å². The Hall–Kier alpha value is -1.05. The summed E-state index contributed by atoms with van der Waals surface area (Å²) < 4.78 is 0. The number of rotatable bonds is 4. The first-order valence-electron chi connectivity index (χ1n) is 4.11. The fourth-order valence-corrected chi connectivity index (χ4v) is 1.11.